The molecule has 4 nitrogen and oxygen atoms in total. The van der Waals surface area contributed by atoms with Crippen molar-refractivity contribution in [2.24, 2.45) is 4.99 Å². The van der Waals surface area contributed by atoms with E-state index in [9.17, 15) is 13.2 Å². The molecule has 0 spiro atoms. The molecule has 0 bridgehead atoms. The Labute approximate surface area is 168 Å². The molecule has 2 N–H and O–H groups in total. The first-order chi connectivity index (χ1) is 11.9. The zero-order chi connectivity index (χ0) is 18.3. The van der Waals surface area contributed by atoms with Crippen molar-refractivity contribution in [1.82, 2.24) is 15.6 Å². The first-order valence-corrected chi connectivity index (χ1v) is 7.91. The molecule has 0 saturated heterocycles. The number of rotatable bonds is 5. The molecular weight excluding hydrogens is 456 g/mol. The molecule has 0 aliphatic carbocycles. The molecule has 0 aliphatic heterocycles. The first-order valence-electron chi connectivity index (χ1n) is 7.91. The maximum atomic E-state index is 12.5. The smallest absolute Gasteiger partial charge is 0.356 e. The van der Waals surface area contributed by atoms with Crippen LogP contribution in [0.2, 0.25) is 0 Å². The van der Waals surface area contributed by atoms with Gasteiger partial charge >= 0.3 is 6.18 Å². The highest BCUT2D eigenvalue weighted by Gasteiger charge is 2.29. The van der Waals surface area contributed by atoms with Crippen molar-refractivity contribution >= 4 is 29.9 Å². The summed E-state index contributed by atoms with van der Waals surface area (Å²) < 4.78 is 37.6. The van der Waals surface area contributed by atoms with E-state index in [1.165, 1.54) is 12.1 Å². The number of alkyl halides is 3. The number of aliphatic imine (C=N–C) groups is 1. The Kier molecular flexibility index (Phi) is 8.83. The molecule has 0 atom stereocenters. The normalized spacial score (nSPS) is 11.7. The van der Waals surface area contributed by atoms with E-state index in [1.54, 1.807) is 13.2 Å². The van der Waals surface area contributed by atoms with Crippen molar-refractivity contribution in [3.63, 3.8) is 0 Å². The van der Waals surface area contributed by atoms with Gasteiger partial charge < -0.3 is 10.6 Å². The third kappa shape index (κ3) is 6.81. The average molecular weight is 478 g/mol. The molecule has 0 unspecified atom stereocenters. The molecule has 0 amide bonds. The molecule has 0 aliphatic rings. The largest absolute Gasteiger partial charge is 0.416 e. The lowest BCUT2D eigenvalue weighted by Crippen LogP contribution is -2.38. The van der Waals surface area contributed by atoms with Gasteiger partial charge in [0, 0.05) is 19.8 Å². The van der Waals surface area contributed by atoms with E-state index >= 15 is 0 Å². The van der Waals surface area contributed by atoms with Crippen molar-refractivity contribution in [2.75, 3.05) is 13.6 Å². The van der Waals surface area contributed by atoms with Gasteiger partial charge in [-0.3, -0.25) is 9.98 Å². The Morgan fingerprint density at radius 1 is 1.12 bits per heavy atom. The van der Waals surface area contributed by atoms with Gasteiger partial charge in [0.1, 0.15) is 0 Å². The third-order valence-electron chi connectivity index (χ3n) is 3.75. The Morgan fingerprint density at radius 3 is 2.38 bits per heavy atom. The van der Waals surface area contributed by atoms with Crippen LogP contribution >= 0.6 is 24.0 Å². The molecule has 0 saturated carbocycles. The Hall–Kier alpha value is -1.84. The quantitative estimate of drug-likeness (QED) is 0.389. The maximum Gasteiger partial charge on any atom is 0.416 e. The van der Waals surface area contributed by atoms with Crippen LogP contribution in [0.25, 0.3) is 0 Å². The topological polar surface area (TPSA) is 49.3 Å². The summed E-state index contributed by atoms with van der Waals surface area (Å²) in [6, 6.07) is 9.08. The summed E-state index contributed by atoms with van der Waals surface area (Å²) in [5.74, 6) is 0.622. The fraction of sp³-hybridized carbons (Fsp3) is 0.333. The van der Waals surface area contributed by atoms with Crippen LogP contribution in [0.3, 0.4) is 0 Å². The molecule has 0 fully saturated rings. The van der Waals surface area contributed by atoms with Crippen molar-refractivity contribution in [1.29, 1.82) is 0 Å². The van der Waals surface area contributed by atoms with Gasteiger partial charge in [-0.15, -0.1) is 24.0 Å². The van der Waals surface area contributed by atoms with Gasteiger partial charge in [0.2, 0.25) is 0 Å². The second-order valence-corrected chi connectivity index (χ2v) is 5.56. The van der Waals surface area contributed by atoms with Gasteiger partial charge in [0.25, 0.3) is 0 Å². The molecule has 142 valence electrons. The van der Waals surface area contributed by atoms with Crippen molar-refractivity contribution in [3.8, 4) is 0 Å². The summed E-state index contributed by atoms with van der Waals surface area (Å²) in [5.41, 5.74) is 2.23. The Balaban J connectivity index is 0.00000338. The lowest BCUT2D eigenvalue weighted by atomic mass is 10.1. The number of aryl methyl sites for hydroxylation is 1. The Morgan fingerprint density at radius 2 is 1.81 bits per heavy atom. The lowest BCUT2D eigenvalue weighted by molar-refractivity contribution is -0.137. The van der Waals surface area contributed by atoms with E-state index in [-0.39, 0.29) is 24.0 Å². The third-order valence-corrected chi connectivity index (χ3v) is 3.75. The second kappa shape index (κ2) is 10.3. The van der Waals surface area contributed by atoms with E-state index in [0.29, 0.717) is 25.5 Å². The molecule has 8 heteroatoms. The van der Waals surface area contributed by atoms with Gasteiger partial charge in [-0.25, -0.2) is 0 Å². The van der Waals surface area contributed by atoms with Crippen LogP contribution < -0.4 is 10.6 Å². The van der Waals surface area contributed by atoms with Crippen molar-refractivity contribution in [3.05, 3.63) is 65.0 Å². The molecular formula is C18H22F3IN4. The van der Waals surface area contributed by atoms with E-state index in [1.807, 2.05) is 19.1 Å². The molecule has 1 heterocycles. The minimum atomic E-state index is -4.30. The predicted molar refractivity (Wildman–Crippen MR) is 108 cm³/mol. The summed E-state index contributed by atoms with van der Waals surface area (Å²) in [6.45, 7) is 3.10. The Bertz CT molecular complexity index is 715. The number of pyridine rings is 1. The van der Waals surface area contributed by atoms with Crippen molar-refractivity contribution in [2.45, 2.75) is 26.1 Å². The number of guanidine groups is 1. The summed E-state index contributed by atoms with van der Waals surface area (Å²) in [7, 11) is 1.67. The molecule has 26 heavy (non-hydrogen) atoms. The molecule has 2 aromatic rings. The highest BCUT2D eigenvalue weighted by molar-refractivity contribution is 14.0. The zero-order valence-corrected chi connectivity index (χ0v) is 16.9. The van der Waals surface area contributed by atoms with Crippen LogP contribution in [0.1, 0.15) is 22.4 Å². The summed E-state index contributed by atoms with van der Waals surface area (Å²) >= 11 is 0. The van der Waals surface area contributed by atoms with Gasteiger partial charge in [0.05, 0.1) is 17.8 Å². The lowest BCUT2D eigenvalue weighted by Gasteiger charge is -2.13. The fourth-order valence-corrected chi connectivity index (χ4v) is 2.28. The van der Waals surface area contributed by atoms with Crippen LogP contribution in [0, 0.1) is 6.92 Å². The minimum absolute atomic E-state index is 0. The highest BCUT2D eigenvalue weighted by atomic mass is 127. The molecule has 1 aromatic carbocycles. The van der Waals surface area contributed by atoms with Crippen LogP contribution in [0.15, 0.2) is 47.6 Å². The number of halogens is 4. The second-order valence-electron chi connectivity index (χ2n) is 5.56. The highest BCUT2D eigenvalue weighted by Crippen LogP contribution is 2.29. The van der Waals surface area contributed by atoms with E-state index in [2.05, 4.69) is 20.6 Å². The zero-order valence-electron chi connectivity index (χ0n) is 14.6. The number of benzene rings is 1. The molecule has 2 rings (SSSR count). The summed E-state index contributed by atoms with van der Waals surface area (Å²) in [6.07, 6.45) is -1.96. The number of hydrogen-bond donors (Lipinski definition) is 2. The molecule has 1 aromatic heterocycles. The maximum absolute atomic E-state index is 12.5. The fourth-order valence-electron chi connectivity index (χ4n) is 2.28. The van der Waals surface area contributed by atoms with Crippen molar-refractivity contribution < 1.29 is 13.2 Å². The average Bonchev–Trinajstić information content (AvgIpc) is 2.59. The van der Waals surface area contributed by atoms with E-state index in [0.717, 1.165) is 29.0 Å². The van der Waals surface area contributed by atoms with Gasteiger partial charge in [-0.2, -0.15) is 13.2 Å². The minimum Gasteiger partial charge on any atom is -0.356 e. The van der Waals surface area contributed by atoms with Crippen LogP contribution in [-0.2, 0) is 19.1 Å². The summed E-state index contributed by atoms with van der Waals surface area (Å²) in [5, 5.41) is 6.31. The van der Waals surface area contributed by atoms with Gasteiger partial charge in [-0.05, 0) is 42.7 Å². The standard InChI is InChI=1S/C18H21F3N4.HI/c1-13-4-3-10-23-16(13)12-25-17(22-2)24-11-9-14-5-7-15(8-6-14)18(19,20)21;/h3-8,10H,9,11-12H2,1-2H3,(H2,22,24,25);1H. The van der Waals surface area contributed by atoms with Gasteiger partial charge in [-0.1, -0.05) is 18.2 Å². The number of hydrogen-bond acceptors (Lipinski definition) is 2. The van der Waals surface area contributed by atoms with E-state index < -0.39 is 11.7 Å². The number of nitrogens with one attached hydrogen (secondary N) is 2. The van der Waals surface area contributed by atoms with Crippen LogP contribution in [-0.4, -0.2) is 24.5 Å². The summed E-state index contributed by atoms with van der Waals surface area (Å²) in [4.78, 5) is 8.43. The number of aromatic nitrogens is 1. The van der Waals surface area contributed by atoms with Crippen LogP contribution in [0.5, 0.6) is 0 Å². The molecule has 0 radical (unpaired) electrons. The monoisotopic (exact) mass is 478 g/mol. The SMILES string of the molecule is CN=C(NCCc1ccc(C(F)(F)F)cc1)NCc1ncccc1C.I. The van der Waals surface area contributed by atoms with Crippen LogP contribution in [0.4, 0.5) is 13.2 Å². The van der Waals surface area contributed by atoms with Gasteiger partial charge in [0.15, 0.2) is 5.96 Å². The number of nitrogens with zero attached hydrogens (tertiary/aromatic N) is 2. The predicted octanol–water partition coefficient (Wildman–Crippen LogP) is 3.93. The van der Waals surface area contributed by atoms with E-state index in [4.69, 9.17) is 0 Å². The first kappa shape index (κ1) is 22.2.